The van der Waals surface area contributed by atoms with Crippen LogP contribution in [-0.4, -0.2) is 22.0 Å². The van der Waals surface area contributed by atoms with E-state index < -0.39 is 5.97 Å². The molecule has 2 N–H and O–H groups in total. The molecule has 1 fully saturated rings. The summed E-state index contributed by atoms with van der Waals surface area (Å²) in [5.41, 5.74) is 0.0451. The van der Waals surface area contributed by atoms with Gasteiger partial charge in [0.05, 0.1) is 6.54 Å². The minimum absolute atomic E-state index is 0.0451. The molecule has 0 unspecified atom stereocenters. The molecule has 0 radical (unpaired) electrons. The molecule has 0 aromatic carbocycles. The quantitative estimate of drug-likeness (QED) is 0.831. The Morgan fingerprint density at radius 2 is 2.00 bits per heavy atom. The average Bonchev–Trinajstić information content (AvgIpc) is 2.70. The minimum atomic E-state index is -1.03. The number of aromatic nitrogens is 1. The van der Waals surface area contributed by atoms with Gasteiger partial charge >= 0.3 is 5.97 Å². The van der Waals surface area contributed by atoms with Crippen molar-refractivity contribution in [3.63, 3.8) is 0 Å². The maximum atomic E-state index is 12.0. The van der Waals surface area contributed by atoms with Gasteiger partial charge in [0.1, 0.15) is 5.01 Å². The zero-order valence-electron chi connectivity index (χ0n) is 10.7. The van der Waals surface area contributed by atoms with E-state index in [1.807, 2.05) is 0 Å². The zero-order chi connectivity index (χ0) is 13.7. The largest absolute Gasteiger partial charge is 0.476 e. The van der Waals surface area contributed by atoms with Gasteiger partial charge < -0.3 is 10.4 Å². The number of amides is 1. The Bertz CT molecular complexity index is 450. The Labute approximate surface area is 116 Å². The monoisotopic (exact) mass is 282 g/mol. The first-order chi connectivity index (χ1) is 9.16. The molecule has 1 heterocycles. The maximum Gasteiger partial charge on any atom is 0.355 e. The Kier molecular flexibility index (Phi) is 4.90. The zero-order valence-corrected chi connectivity index (χ0v) is 11.5. The van der Waals surface area contributed by atoms with Crippen molar-refractivity contribution in [2.75, 3.05) is 0 Å². The van der Waals surface area contributed by atoms with Gasteiger partial charge in [0.2, 0.25) is 5.91 Å². The molecule has 0 saturated heterocycles. The smallest absolute Gasteiger partial charge is 0.355 e. The Balaban J connectivity index is 1.83. The molecule has 6 heteroatoms. The van der Waals surface area contributed by atoms with Gasteiger partial charge in [-0.25, -0.2) is 9.78 Å². The lowest BCUT2D eigenvalue weighted by Gasteiger charge is -2.13. The molecule has 5 nitrogen and oxygen atoms in total. The Hall–Kier alpha value is -1.43. The third-order valence-electron chi connectivity index (χ3n) is 3.41. The SMILES string of the molecule is O=C(O)c1csc(CNC(=O)C2CCCCCC2)n1. The van der Waals surface area contributed by atoms with E-state index in [0.717, 1.165) is 25.7 Å². The molecule has 0 aliphatic heterocycles. The second-order valence-electron chi connectivity index (χ2n) is 4.84. The van der Waals surface area contributed by atoms with Crippen LogP contribution in [0.15, 0.2) is 5.38 Å². The molecule has 1 aliphatic carbocycles. The van der Waals surface area contributed by atoms with Gasteiger partial charge in [0.15, 0.2) is 5.69 Å². The van der Waals surface area contributed by atoms with E-state index in [2.05, 4.69) is 10.3 Å². The van der Waals surface area contributed by atoms with Crippen LogP contribution in [0.3, 0.4) is 0 Å². The lowest BCUT2D eigenvalue weighted by atomic mass is 10.00. The van der Waals surface area contributed by atoms with Crippen LogP contribution in [0.2, 0.25) is 0 Å². The summed E-state index contributed by atoms with van der Waals surface area (Å²) < 4.78 is 0. The van der Waals surface area contributed by atoms with Gasteiger partial charge in [-0.3, -0.25) is 4.79 Å². The second-order valence-corrected chi connectivity index (χ2v) is 5.78. The molecule has 0 atom stereocenters. The highest BCUT2D eigenvalue weighted by atomic mass is 32.1. The topological polar surface area (TPSA) is 79.3 Å². The predicted molar refractivity (Wildman–Crippen MR) is 72.1 cm³/mol. The van der Waals surface area contributed by atoms with Crippen LogP contribution < -0.4 is 5.32 Å². The third kappa shape index (κ3) is 4.02. The molecule has 104 valence electrons. The number of aromatic carboxylic acids is 1. The van der Waals surface area contributed by atoms with E-state index in [1.54, 1.807) is 0 Å². The van der Waals surface area contributed by atoms with Gasteiger partial charge in [-0.1, -0.05) is 25.7 Å². The number of carbonyl (C=O) groups is 2. The number of hydrogen-bond acceptors (Lipinski definition) is 4. The van der Waals surface area contributed by atoms with Gasteiger partial charge in [-0.2, -0.15) is 0 Å². The number of nitrogens with one attached hydrogen (secondary N) is 1. The van der Waals surface area contributed by atoms with Crippen molar-refractivity contribution in [1.29, 1.82) is 0 Å². The van der Waals surface area contributed by atoms with Crippen LogP contribution in [-0.2, 0) is 11.3 Å². The van der Waals surface area contributed by atoms with Crippen LogP contribution in [0.5, 0.6) is 0 Å². The summed E-state index contributed by atoms with van der Waals surface area (Å²) in [6, 6.07) is 0. The molecule has 1 aromatic rings. The van der Waals surface area contributed by atoms with Crippen LogP contribution in [0.4, 0.5) is 0 Å². The van der Waals surface area contributed by atoms with Crippen LogP contribution in [0, 0.1) is 5.92 Å². The van der Waals surface area contributed by atoms with Gasteiger partial charge in [0, 0.05) is 11.3 Å². The molecule has 0 bridgehead atoms. The summed E-state index contributed by atoms with van der Waals surface area (Å²) in [4.78, 5) is 26.7. The van der Waals surface area contributed by atoms with Crippen molar-refractivity contribution < 1.29 is 14.7 Å². The fraction of sp³-hybridized carbons (Fsp3) is 0.615. The Morgan fingerprint density at radius 1 is 1.32 bits per heavy atom. The maximum absolute atomic E-state index is 12.0. The van der Waals surface area contributed by atoms with E-state index in [0.29, 0.717) is 11.6 Å². The van der Waals surface area contributed by atoms with Crippen molar-refractivity contribution in [2.24, 2.45) is 5.92 Å². The minimum Gasteiger partial charge on any atom is -0.476 e. The third-order valence-corrected chi connectivity index (χ3v) is 4.26. The summed E-state index contributed by atoms with van der Waals surface area (Å²) in [6.07, 6.45) is 6.61. The lowest BCUT2D eigenvalue weighted by Crippen LogP contribution is -2.30. The van der Waals surface area contributed by atoms with Gasteiger partial charge in [-0.05, 0) is 12.8 Å². The summed E-state index contributed by atoms with van der Waals surface area (Å²) in [7, 11) is 0. The van der Waals surface area contributed by atoms with E-state index in [1.165, 1.54) is 29.6 Å². The van der Waals surface area contributed by atoms with E-state index in [-0.39, 0.29) is 17.5 Å². The first kappa shape index (κ1) is 14.0. The predicted octanol–water partition coefficient (Wildman–Crippen LogP) is 2.43. The van der Waals surface area contributed by atoms with Crippen LogP contribution >= 0.6 is 11.3 Å². The Morgan fingerprint density at radius 3 is 2.58 bits per heavy atom. The highest BCUT2D eigenvalue weighted by Gasteiger charge is 2.20. The van der Waals surface area contributed by atoms with Crippen LogP contribution in [0.1, 0.15) is 54.0 Å². The standard InChI is InChI=1S/C13H18N2O3S/c16-12(9-5-3-1-2-4-6-9)14-7-11-15-10(8-19-11)13(17)18/h8-9H,1-7H2,(H,14,16)(H,17,18). The van der Waals surface area contributed by atoms with Crippen molar-refractivity contribution in [3.05, 3.63) is 16.1 Å². The van der Waals surface area contributed by atoms with Crippen LogP contribution in [0.25, 0.3) is 0 Å². The number of nitrogens with zero attached hydrogens (tertiary/aromatic N) is 1. The highest BCUT2D eigenvalue weighted by Crippen LogP contribution is 2.23. The number of rotatable bonds is 4. The normalized spacial score (nSPS) is 16.8. The molecule has 1 amide bonds. The first-order valence-electron chi connectivity index (χ1n) is 6.62. The van der Waals surface area contributed by atoms with Crippen molar-refractivity contribution in [3.8, 4) is 0 Å². The van der Waals surface area contributed by atoms with E-state index >= 15 is 0 Å². The van der Waals surface area contributed by atoms with Crippen molar-refractivity contribution in [1.82, 2.24) is 10.3 Å². The fourth-order valence-electron chi connectivity index (χ4n) is 2.34. The number of carbonyl (C=O) groups excluding carboxylic acids is 1. The second kappa shape index (κ2) is 6.65. The molecule has 0 spiro atoms. The molecule has 1 saturated carbocycles. The van der Waals surface area contributed by atoms with Gasteiger partial charge in [-0.15, -0.1) is 11.3 Å². The summed E-state index contributed by atoms with van der Waals surface area (Å²) in [6.45, 7) is 0.327. The lowest BCUT2D eigenvalue weighted by molar-refractivity contribution is -0.125. The molecule has 2 rings (SSSR count). The number of thiazole rings is 1. The first-order valence-corrected chi connectivity index (χ1v) is 7.50. The molecular formula is C13H18N2O3S. The fourth-order valence-corrected chi connectivity index (χ4v) is 3.05. The molecule has 1 aliphatic rings. The van der Waals surface area contributed by atoms with Crippen molar-refractivity contribution >= 4 is 23.2 Å². The molecule has 1 aromatic heterocycles. The van der Waals surface area contributed by atoms with Crippen molar-refractivity contribution in [2.45, 2.75) is 45.1 Å². The number of carboxylic acids is 1. The number of hydrogen-bond donors (Lipinski definition) is 2. The molecule has 19 heavy (non-hydrogen) atoms. The van der Waals surface area contributed by atoms with E-state index in [4.69, 9.17) is 5.11 Å². The summed E-state index contributed by atoms with van der Waals surface area (Å²) >= 11 is 1.26. The number of carboxylic acid groups (broad SMARTS) is 1. The van der Waals surface area contributed by atoms with E-state index in [9.17, 15) is 9.59 Å². The molecular weight excluding hydrogens is 264 g/mol. The highest BCUT2D eigenvalue weighted by molar-refractivity contribution is 7.09. The average molecular weight is 282 g/mol. The summed E-state index contributed by atoms with van der Waals surface area (Å²) in [5.74, 6) is -0.840. The van der Waals surface area contributed by atoms with Gasteiger partial charge in [0.25, 0.3) is 0 Å². The summed E-state index contributed by atoms with van der Waals surface area (Å²) in [5, 5.41) is 13.8.